The Bertz CT molecular complexity index is 391. The molecule has 1 aliphatic rings. The van der Waals surface area contributed by atoms with Crippen molar-refractivity contribution < 1.29 is 9.47 Å². The third kappa shape index (κ3) is 4.25. The molecule has 4 heteroatoms. The van der Waals surface area contributed by atoms with Gasteiger partial charge in [-0.05, 0) is 46.0 Å². The summed E-state index contributed by atoms with van der Waals surface area (Å²) in [4.78, 5) is 0.453. The Morgan fingerprint density at radius 1 is 1.33 bits per heavy atom. The standard InChI is InChI=1S/C14H18Br2O2/c1-17-6-7-18-14-5-4-11(9-13(14)16)12(15)8-10-2-3-10/h4-5,9-10,12H,2-3,6-8H2,1H3. The van der Waals surface area contributed by atoms with Crippen LogP contribution in [0.2, 0.25) is 0 Å². The molecule has 1 aliphatic carbocycles. The van der Waals surface area contributed by atoms with Crippen LogP contribution in [0.5, 0.6) is 5.75 Å². The van der Waals surface area contributed by atoms with Crippen LogP contribution < -0.4 is 4.74 Å². The SMILES string of the molecule is COCCOc1ccc(C(Br)CC2CC2)cc1Br. The van der Waals surface area contributed by atoms with Gasteiger partial charge in [-0.2, -0.15) is 0 Å². The maximum Gasteiger partial charge on any atom is 0.133 e. The maximum absolute atomic E-state index is 5.62. The molecule has 0 N–H and O–H groups in total. The Balaban J connectivity index is 1.94. The molecular formula is C14H18Br2O2. The molecule has 1 saturated carbocycles. The minimum absolute atomic E-state index is 0.453. The number of ether oxygens (including phenoxy) is 2. The van der Waals surface area contributed by atoms with Crippen molar-refractivity contribution >= 4 is 31.9 Å². The van der Waals surface area contributed by atoms with Gasteiger partial charge in [0.15, 0.2) is 0 Å². The van der Waals surface area contributed by atoms with Gasteiger partial charge in [0, 0.05) is 11.9 Å². The van der Waals surface area contributed by atoms with E-state index in [4.69, 9.17) is 9.47 Å². The van der Waals surface area contributed by atoms with Crippen LogP contribution in [0.25, 0.3) is 0 Å². The third-order valence-electron chi connectivity index (χ3n) is 3.10. The Morgan fingerprint density at radius 3 is 2.72 bits per heavy atom. The zero-order valence-electron chi connectivity index (χ0n) is 10.5. The number of alkyl halides is 1. The van der Waals surface area contributed by atoms with E-state index in [1.165, 1.54) is 24.8 Å². The van der Waals surface area contributed by atoms with Gasteiger partial charge in [-0.1, -0.05) is 34.8 Å². The minimum Gasteiger partial charge on any atom is -0.490 e. The van der Waals surface area contributed by atoms with E-state index >= 15 is 0 Å². The highest BCUT2D eigenvalue weighted by Crippen LogP contribution is 2.42. The van der Waals surface area contributed by atoms with E-state index in [0.29, 0.717) is 18.0 Å². The minimum atomic E-state index is 0.453. The molecule has 1 unspecified atom stereocenters. The summed E-state index contributed by atoms with van der Waals surface area (Å²) in [6.07, 6.45) is 4.01. The molecule has 0 spiro atoms. The Hall–Kier alpha value is -0.0600. The van der Waals surface area contributed by atoms with Crippen LogP contribution in [0.4, 0.5) is 0 Å². The van der Waals surface area contributed by atoms with Crippen LogP contribution in [0.15, 0.2) is 22.7 Å². The van der Waals surface area contributed by atoms with Crippen LogP contribution in [-0.4, -0.2) is 20.3 Å². The van der Waals surface area contributed by atoms with Crippen molar-refractivity contribution in [2.75, 3.05) is 20.3 Å². The van der Waals surface area contributed by atoms with E-state index in [2.05, 4.69) is 44.0 Å². The Morgan fingerprint density at radius 2 is 2.11 bits per heavy atom. The van der Waals surface area contributed by atoms with E-state index in [1.807, 2.05) is 6.07 Å². The molecule has 0 aromatic heterocycles. The van der Waals surface area contributed by atoms with Crippen molar-refractivity contribution in [3.63, 3.8) is 0 Å². The monoisotopic (exact) mass is 376 g/mol. The number of hydrogen-bond donors (Lipinski definition) is 0. The molecule has 0 heterocycles. The van der Waals surface area contributed by atoms with Crippen molar-refractivity contribution in [3.8, 4) is 5.75 Å². The van der Waals surface area contributed by atoms with Crippen LogP contribution in [0.3, 0.4) is 0 Å². The summed E-state index contributed by atoms with van der Waals surface area (Å²) in [6.45, 7) is 1.19. The number of methoxy groups -OCH3 is 1. The zero-order valence-corrected chi connectivity index (χ0v) is 13.7. The van der Waals surface area contributed by atoms with E-state index in [9.17, 15) is 0 Å². The second kappa shape index (κ2) is 6.92. The molecule has 1 fully saturated rings. The van der Waals surface area contributed by atoms with Crippen molar-refractivity contribution in [3.05, 3.63) is 28.2 Å². The van der Waals surface area contributed by atoms with E-state index in [-0.39, 0.29) is 0 Å². The highest BCUT2D eigenvalue weighted by Gasteiger charge is 2.25. The smallest absolute Gasteiger partial charge is 0.133 e. The summed E-state index contributed by atoms with van der Waals surface area (Å²) < 4.78 is 11.6. The second-order valence-corrected chi connectivity index (χ2v) is 6.64. The van der Waals surface area contributed by atoms with Crippen molar-refractivity contribution in [2.45, 2.75) is 24.1 Å². The Kier molecular flexibility index (Phi) is 5.52. The molecule has 2 rings (SSSR count). The molecule has 0 aliphatic heterocycles. The maximum atomic E-state index is 5.62. The summed E-state index contributed by atoms with van der Waals surface area (Å²) in [5, 5.41) is 0. The first-order valence-corrected chi connectivity index (χ1v) is 7.97. The highest BCUT2D eigenvalue weighted by molar-refractivity contribution is 9.10. The molecule has 18 heavy (non-hydrogen) atoms. The molecular weight excluding hydrogens is 360 g/mol. The van der Waals surface area contributed by atoms with Gasteiger partial charge in [0.25, 0.3) is 0 Å². The fourth-order valence-corrected chi connectivity index (χ4v) is 3.17. The van der Waals surface area contributed by atoms with Crippen molar-refractivity contribution in [1.29, 1.82) is 0 Å². The first-order chi connectivity index (χ1) is 8.70. The predicted molar refractivity (Wildman–Crippen MR) is 80.5 cm³/mol. The fourth-order valence-electron chi connectivity index (χ4n) is 1.85. The lowest BCUT2D eigenvalue weighted by atomic mass is 10.1. The quantitative estimate of drug-likeness (QED) is 0.506. The lowest BCUT2D eigenvalue weighted by molar-refractivity contribution is 0.146. The summed E-state index contributed by atoms with van der Waals surface area (Å²) >= 11 is 7.33. The van der Waals surface area contributed by atoms with Gasteiger partial charge < -0.3 is 9.47 Å². The number of benzene rings is 1. The van der Waals surface area contributed by atoms with E-state index in [0.717, 1.165) is 16.1 Å². The molecule has 0 amide bonds. The number of rotatable bonds is 7. The summed E-state index contributed by atoms with van der Waals surface area (Å²) in [5.41, 5.74) is 1.31. The average Bonchev–Trinajstić information content (AvgIpc) is 3.15. The summed E-state index contributed by atoms with van der Waals surface area (Å²) in [7, 11) is 1.68. The number of halogens is 2. The van der Waals surface area contributed by atoms with Crippen LogP contribution in [-0.2, 0) is 4.74 Å². The lowest BCUT2D eigenvalue weighted by Gasteiger charge is -2.13. The topological polar surface area (TPSA) is 18.5 Å². The van der Waals surface area contributed by atoms with Crippen LogP contribution in [0.1, 0.15) is 29.7 Å². The molecule has 0 bridgehead atoms. The first-order valence-electron chi connectivity index (χ1n) is 6.26. The van der Waals surface area contributed by atoms with Gasteiger partial charge in [0.2, 0.25) is 0 Å². The van der Waals surface area contributed by atoms with E-state index < -0.39 is 0 Å². The number of hydrogen-bond acceptors (Lipinski definition) is 2. The molecule has 100 valence electrons. The molecule has 1 aromatic carbocycles. The van der Waals surface area contributed by atoms with E-state index in [1.54, 1.807) is 7.11 Å². The predicted octanol–water partition coefficient (Wildman–Crippen LogP) is 4.71. The molecule has 0 saturated heterocycles. The molecule has 0 radical (unpaired) electrons. The van der Waals surface area contributed by atoms with Gasteiger partial charge in [-0.15, -0.1) is 0 Å². The average molecular weight is 378 g/mol. The Labute approximate surface area is 125 Å². The largest absolute Gasteiger partial charge is 0.490 e. The van der Waals surface area contributed by atoms with Crippen LogP contribution >= 0.6 is 31.9 Å². The summed E-state index contributed by atoms with van der Waals surface area (Å²) in [6, 6.07) is 6.30. The van der Waals surface area contributed by atoms with Gasteiger partial charge in [0.05, 0.1) is 11.1 Å². The van der Waals surface area contributed by atoms with Crippen molar-refractivity contribution in [1.82, 2.24) is 0 Å². The normalized spacial score (nSPS) is 16.6. The molecule has 2 nitrogen and oxygen atoms in total. The highest BCUT2D eigenvalue weighted by atomic mass is 79.9. The van der Waals surface area contributed by atoms with Gasteiger partial charge in [-0.3, -0.25) is 0 Å². The second-order valence-electron chi connectivity index (χ2n) is 4.68. The summed E-state index contributed by atoms with van der Waals surface area (Å²) in [5.74, 6) is 1.80. The molecule has 1 atom stereocenters. The van der Waals surface area contributed by atoms with Gasteiger partial charge in [-0.25, -0.2) is 0 Å². The zero-order chi connectivity index (χ0) is 13.0. The van der Waals surface area contributed by atoms with Gasteiger partial charge >= 0.3 is 0 Å². The van der Waals surface area contributed by atoms with Crippen molar-refractivity contribution in [2.24, 2.45) is 5.92 Å². The fraction of sp³-hybridized carbons (Fsp3) is 0.571. The third-order valence-corrected chi connectivity index (χ3v) is 4.62. The lowest BCUT2D eigenvalue weighted by Crippen LogP contribution is -2.04. The van der Waals surface area contributed by atoms with Gasteiger partial charge in [0.1, 0.15) is 12.4 Å². The molecule has 1 aromatic rings. The van der Waals surface area contributed by atoms with Crippen LogP contribution in [0, 0.1) is 5.92 Å². The first kappa shape index (κ1) is 14.4.